The van der Waals surface area contributed by atoms with E-state index in [1.165, 1.54) is 30.0 Å². The van der Waals surface area contributed by atoms with Crippen LogP contribution in [0, 0.1) is 5.82 Å². The molecule has 3 rings (SSSR count). The fourth-order valence-electron chi connectivity index (χ4n) is 2.63. The zero-order valence-electron chi connectivity index (χ0n) is 11.8. The molecule has 5 nitrogen and oxygen atoms in total. The lowest BCUT2D eigenvalue weighted by Gasteiger charge is -2.24. The van der Waals surface area contributed by atoms with Crippen LogP contribution in [-0.2, 0) is 4.79 Å². The lowest BCUT2D eigenvalue weighted by atomic mass is 10.2. The van der Waals surface area contributed by atoms with Crippen LogP contribution in [0.1, 0.15) is 5.56 Å². The van der Waals surface area contributed by atoms with E-state index in [0.29, 0.717) is 16.5 Å². The molecule has 2 N–H and O–H groups in total. The predicted octanol–water partition coefficient (Wildman–Crippen LogP) is 1.85. The van der Waals surface area contributed by atoms with Crippen molar-refractivity contribution in [1.29, 1.82) is 0 Å². The molecule has 0 aromatic heterocycles. The first-order valence-corrected chi connectivity index (χ1v) is 8.77. The smallest absolute Gasteiger partial charge is 0.321 e. The largest absolute Gasteiger partial charge is 0.507 e. The topological polar surface area (TPSA) is 73.1 Å². The average Bonchev–Trinajstić information content (AvgIpc) is 3.05. The molecule has 8 heteroatoms. The van der Waals surface area contributed by atoms with E-state index in [1.807, 2.05) is 4.90 Å². The highest BCUT2D eigenvalue weighted by molar-refractivity contribution is 8.14. The fraction of sp³-hybridized carbons (Fsp3) is 0.429. The maximum atomic E-state index is 13.9. The molecule has 0 saturated carbocycles. The van der Waals surface area contributed by atoms with Gasteiger partial charge in [-0.3, -0.25) is 14.7 Å². The van der Waals surface area contributed by atoms with E-state index in [2.05, 4.69) is 4.99 Å². The number of aromatic hydroxyl groups is 1. The molecule has 3 atom stereocenters. The summed E-state index contributed by atoms with van der Waals surface area (Å²) in [5, 5.41) is 19.4. The van der Waals surface area contributed by atoms with Gasteiger partial charge in [0.05, 0.1) is 17.0 Å². The number of carboxylic acids is 1. The summed E-state index contributed by atoms with van der Waals surface area (Å²) < 4.78 is 13.9. The summed E-state index contributed by atoms with van der Waals surface area (Å²) in [6, 6.07) is 3.55. The van der Waals surface area contributed by atoms with Crippen LogP contribution in [0.25, 0.3) is 0 Å². The minimum Gasteiger partial charge on any atom is -0.507 e. The molecule has 0 amide bonds. The van der Waals surface area contributed by atoms with Crippen LogP contribution in [0.5, 0.6) is 5.75 Å². The number of hydrogen-bond acceptors (Lipinski definition) is 6. The van der Waals surface area contributed by atoms with E-state index in [4.69, 9.17) is 5.11 Å². The van der Waals surface area contributed by atoms with Crippen LogP contribution < -0.4 is 0 Å². The van der Waals surface area contributed by atoms with Crippen LogP contribution in [0.2, 0.25) is 0 Å². The van der Waals surface area contributed by atoms with Crippen LogP contribution >= 0.6 is 23.5 Å². The molecule has 1 saturated heterocycles. The number of benzene rings is 1. The van der Waals surface area contributed by atoms with E-state index in [9.17, 15) is 14.3 Å². The third kappa shape index (κ3) is 2.70. The standard InChI is InChI=1S/C14H15FN2O3S2/c1-17-9(14(19)20)6-22-13(17)8-5-21-12(16-8)11-7(15)3-2-4-10(11)18/h2-4,8-9,13,18H,5-6H2,1H3,(H,19,20)/t8-,9+,13-/m0/s1. The molecular formula is C14H15FN2O3S2. The zero-order valence-corrected chi connectivity index (χ0v) is 13.4. The van der Waals surface area contributed by atoms with E-state index < -0.39 is 17.8 Å². The van der Waals surface area contributed by atoms with E-state index in [1.54, 1.807) is 18.8 Å². The van der Waals surface area contributed by atoms with Gasteiger partial charge in [-0.1, -0.05) is 6.07 Å². The van der Waals surface area contributed by atoms with Crippen molar-refractivity contribution >= 4 is 34.5 Å². The molecule has 0 unspecified atom stereocenters. The number of halogens is 1. The molecular weight excluding hydrogens is 327 g/mol. The molecule has 0 bridgehead atoms. The zero-order chi connectivity index (χ0) is 15.9. The molecule has 2 aliphatic heterocycles. The van der Waals surface area contributed by atoms with Gasteiger partial charge in [0.25, 0.3) is 0 Å². The number of carbonyl (C=O) groups is 1. The second-order valence-electron chi connectivity index (χ2n) is 5.19. The van der Waals surface area contributed by atoms with Crippen LogP contribution in [0.4, 0.5) is 4.39 Å². The molecule has 22 heavy (non-hydrogen) atoms. The van der Waals surface area contributed by atoms with Crippen molar-refractivity contribution in [3.63, 3.8) is 0 Å². The van der Waals surface area contributed by atoms with Gasteiger partial charge in [-0.25, -0.2) is 4.39 Å². The van der Waals surface area contributed by atoms with Crippen molar-refractivity contribution in [3.8, 4) is 5.75 Å². The maximum absolute atomic E-state index is 13.9. The molecule has 1 fully saturated rings. The minimum absolute atomic E-state index is 0.0417. The Morgan fingerprint density at radius 2 is 2.23 bits per heavy atom. The molecule has 2 aliphatic rings. The third-order valence-corrected chi connectivity index (χ3v) is 6.40. The summed E-state index contributed by atoms with van der Waals surface area (Å²) in [7, 11) is 1.78. The van der Waals surface area contributed by atoms with Crippen molar-refractivity contribution in [1.82, 2.24) is 4.90 Å². The molecule has 0 radical (unpaired) electrons. The van der Waals surface area contributed by atoms with Crippen molar-refractivity contribution in [2.75, 3.05) is 18.6 Å². The van der Waals surface area contributed by atoms with Crippen molar-refractivity contribution in [3.05, 3.63) is 29.6 Å². The molecule has 1 aromatic carbocycles. The number of carboxylic acid groups (broad SMARTS) is 1. The molecule has 2 heterocycles. The third-order valence-electron chi connectivity index (χ3n) is 3.81. The van der Waals surface area contributed by atoms with Crippen molar-refractivity contribution < 1.29 is 19.4 Å². The first-order valence-electron chi connectivity index (χ1n) is 6.74. The summed E-state index contributed by atoms with van der Waals surface area (Å²) in [6.07, 6.45) is 0. The Hall–Kier alpha value is -1.25. The van der Waals surface area contributed by atoms with Gasteiger partial charge in [-0.05, 0) is 19.2 Å². The fourth-order valence-corrected chi connectivity index (χ4v) is 5.41. The summed E-state index contributed by atoms with van der Waals surface area (Å²) in [4.78, 5) is 17.5. The summed E-state index contributed by atoms with van der Waals surface area (Å²) >= 11 is 2.95. The number of rotatable bonds is 3. The highest BCUT2D eigenvalue weighted by atomic mass is 32.2. The van der Waals surface area contributed by atoms with Gasteiger partial charge in [-0.15, -0.1) is 23.5 Å². The van der Waals surface area contributed by atoms with Crippen molar-refractivity contribution in [2.45, 2.75) is 17.5 Å². The number of aliphatic carboxylic acids is 1. The van der Waals surface area contributed by atoms with E-state index in [0.717, 1.165) is 0 Å². The van der Waals surface area contributed by atoms with Gasteiger partial charge in [0.15, 0.2) is 0 Å². The lowest BCUT2D eigenvalue weighted by molar-refractivity contribution is -0.141. The minimum atomic E-state index is -0.834. The second-order valence-corrected chi connectivity index (χ2v) is 7.35. The molecule has 0 aliphatic carbocycles. The first-order chi connectivity index (χ1) is 10.5. The Balaban J connectivity index is 1.82. The number of hydrogen-bond donors (Lipinski definition) is 2. The molecule has 0 spiro atoms. The van der Waals surface area contributed by atoms with Crippen molar-refractivity contribution in [2.24, 2.45) is 4.99 Å². The van der Waals surface area contributed by atoms with Gasteiger partial charge in [-0.2, -0.15) is 0 Å². The van der Waals surface area contributed by atoms with Crippen LogP contribution in [-0.4, -0.2) is 62.1 Å². The number of phenols is 1. The number of thioether (sulfide) groups is 2. The summed E-state index contributed by atoms with van der Waals surface area (Å²) in [6.45, 7) is 0. The summed E-state index contributed by atoms with van der Waals surface area (Å²) in [5.41, 5.74) is 0.135. The number of aliphatic imine (C=N–C) groups is 1. The Labute approximate surface area is 135 Å². The van der Waals surface area contributed by atoms with Gasteiger partial charge in [0.1, 0.15) is 22.7 Å². The predicted molar refractivity (Wildman–Crippen MR) is 86.3 cm³/mol. The second kappa shape index (κ2) is 6.10. The number of likely N-dealkylation sites (N-methyl/N-ethyl adjacent to an activating group) is 1. The highest BCUT2D eigenvalue weighted by Crippen LogP contribution is 2.38. The average molecular weight is 342 g/mol. The lowest BCUT2D eigenvalue weighted by Crippen LogP contribution is -2.42. The Morgan fingerprint density at radius 3 is 2.86 bits per heavy atom. The van der Waals surface area contributed by atoms with Gasteiger partial charge >= 0.3 is 5.97 Å². The molecule has 118 valence electrons. The Morgan fingerprint density at radius 1 is 1.45 bits per heavy atom. The van der Waals surface area contributed by atoms with Crippen LogP contribution in [0.3, 0.4) is 0 Å². The number of phenolic OH excluding ortho intramolecular Hbond substituents is 1. The van der Waals surface area contributed by atoms with Gasteiger partial charge < -0.3 is 10.2 Å². The van der Waals surface area contributed by atoms with E-state index >= 15 is 0 Å². The normalized spacial score (nSPS) is 28.8. The quantitative estimate of drug-likeness (QED) is 0.873. The van der Waals surface area contributed by atoms with Crippen LogP contribution in [0.15, 0.2) is 23.2 Å². The molecule has 1 aromatic rings. The van der Waals surface area contributed by atoms with E-state index in [-0.39, 0.29) is 22.7 Å². The monoisotopic (exact) mass is 342 g/mol. The van der Waals surface area contributed by atoms with Gasteiger partial charge in [0, 0.05) is 11.5 Å². The highest BCUT2D eigenvalue weighted by Gasteiger charge is 2.41. The summed E-state index contributed by atoms with van der Waals surface area (Å²) in [5.74, 6) is -0.283. The van der Waals surface area contributed by atoms with Gasteiger partial charge in [0.2, 0.25) is 0 Å². The number of nitrogens with zero attached hydrogens (tertiary/aromatic N) is 2. The Bertz CT molecular complexity index is 620. The first kappa shape index (κ1) is 15.6. The Kier molecular flexibility index (Phi) is 4.33. The maximum Gasteiger partial charge on any atom is 0.321 e. The SMILES string of the molecule is CN1[C@@H](C(=O)O)CS[C@H]1[C@@H]1CSC(c2c(O)cccc2F)=N1.